The third-order valence-corrected chi connectivity index (χ3v) is 4.21. The highest BCUT2D eigenvalue weighted by atomic mass is 19.1. The van der Waals surface area contributed by atoms with Gasteiger partial charge in [-0.05, 0) is 57.6 Å². The van der Waals surface area contributed by atoms with E-state index in [0.29, 0.717) is 6.54 Å². The van der Waals surface area contributed by atoms with Crippen molar-refractivity contribution in [2.45, 2.75) is 59.0 Å². The summed E-state index contributed by atoms with van der Waals surface area (Å²) in [7, 11) is 0. The van der Waals surface area contributed by atoms with Crippen molar-refractivity contribution in [3.8, 4) is 0 Å². The molecule has 0 radical (unpaired) electrons. The van der Waals surface area contributed by atoms with Crippen LogP contribution >= 0.6 is 0 Å². The molecule has 118 valence electrons. The molecule has 21 heavy (non-hydrogen) atoms. The number of hydrogen-bond acceptors (Lipinski definition) is 2. The summed E-state index contributed by atoms with van der Waals surface area (Å²) < 4.78 is 14.4. The van der Waals surface area contributed by atoms with Gasteiger partial charge in [-0.2, -0.15) is 0 Å². The molecule has 1 heterocycles. The van der Waals surface area contributed by atoms with E-state index >= 15 is 0 Å². The molecule has 0 spiro atoms. The summed E-state index contributed by atoms with van der Waals surface area (Å²) in [6.07, 6.45) is 3.56. The van der Waals surface area contributed by atoms with Gasteiger partial charge >= 0.3 is 0 Å². The predicted molar refractivity (Wildman–Crippen MR) is 88.2 cm³/mol. The van der Waals surface area contributed by atoms with Crippen LogP contribution in [0.25, 0.3) is 0 Å². The summed E-state index contributed by atoms with van der Waals surface area (Å²) in [4.78, 5) is 2.25. The summed E-state index contributed by atoms with van der Waals surface area (Å²) in [5, 5.41) is 3.48. The Hall–Kier alpha value is -1.09. The number of anilines is 1. The second-order valence-corrected chi connectivity index (χ2v) is 7.37. The number of para-hydroxylation sites is 1. The lowest BCUT2D eigenvalue weighted by molar-refractivity contribution is 0.423. The number of nitrogens with one attached hydrogen (secondary N) is 1. The van der Waals surface area contributed by atoms with Gasteiger partial charge < -0.3 is 10.2 Å². The van der Waals surface area contributed by atoms with Gasteiger partial charge in [0, 0.05) is 25.2 Å². The predicted octanol–water partition coefficient (Wildman–Crippen LogP) is 4.34. The summed E-state index contributed by atoms with van der Waals surface area (Å²) in [5.74, 6) is 0.663. The molecule has 2 nitrogen and oxygen atoms in total. The van der Waals surface area contributed by atoms with Gasteiger partial charge in [0.05, 0.1) is 5.69 Å². The van der Waals surface area contributed by atoms with Crippen molar-refractivity contribution in [3.05, 3.63) is 29.6 Å². The van der Waals surface area contributed by atoms with E-state index in [4.69, 9.17) is 0 Å². The largest absolute Gasteiger partial charge is 0.369 e. The van der Waals surface area contributed by atoms with Crippen LogP contribution in [0.4, 0.5) is 10.1 Å². The Morgan fingerprint density at radius 1 is 1.24 bits per heavy atom. The zero-order valence-corrected chi connectivity index (χ0v) is 13.9. The minimum absolute atomic E-state index is 0.0386. The molecule has 1 aliphatic heterocycles. The maximum atomic E-state index is 14.4. The number of benzene rings is 1. The van der Waals surface area contributed by atoms with Crippen LogP contribution in [0.2, 0.25) is 0 Å². The lowest BCUT2D eigenvalue weighted by Gasteiger charge is -2.28. The first kappa shape index (κ1) is 16.3. The summed E-state index contributed by atoms with van der Waals surface area (Å²) in [6.45, 7) is 11.4. The van der Waals surface area contributed by atoms with Gasteiger partial charge in [0.15, 0.2) is 0 Å². The quantitative estimate of drug-likeness (QED) is 0.891. The third-order valence-electron chi connectivity index (χ3n) is 4.21. The van der Waals surface area contributed by atoms with Gasteiger partial charge in [0.25, 0.3) is 0 Å². The van der Waals surface area contributed by atoms with Crippen molar-refractivity contribution in [1.82, 2.24) is 5.32 Å². The van der Waals surface area contributed by atoms with Crippen molar-refractivity contribution in [2.24, 2.45) is 5.92 Å². The normalized spacial score (nSPS) is 20.4. The van der Waals surface area contributed by atoms with Crippen LogP contribution in [-0.2, 0) is 6.54 Å². The molecule has 0 aromatic heterocycles. The fourth-order valence-electron chi connectivity index (χ4n) is 2.90. The average Bonchev–Trinajstić information content (AvgIpc) is 2.60. The fraction of sp³-hybridized carbons (Fsp3) is 0.667. The zero-order chi connectivity index (χ0) is 15.5. The van der Waals surface area contributed by atoms with E-state index in [2.05, 4.69) is 37.9 Å². The highest BCUT2D eigenvalue weighted by molar-refractivity contribution is 5.55. The summed E-state index contributed by atoms with van der Waals surface area (Å²) in [5.41, 5.74) is 1.92. The molecular formula is C18H29FN2. The molecule has 0 bridgehead atoms. The van der Waals surface area contributed by atoms with Crippen LogP contribution < -0.4 is 10.2 Å². The number of rotatable bonds is 3. The Balaban J connectivity index is 2.20. The molecular weight excluding hydrogens is 263 g/mol. The van der Waals surface area contributed by atoms with Gasteiger partial charge in [-0.15, -0.1) is 0 Å². The Morgan fingerprint density at radius 3 is 2.71 bits per heavy atom. The van der Waals surface area contributed by atoms with Crippen molar-refractivity contribution < 1.29 is 4.39 Å². The monoisotopic (exact) mass is 292 g/mol. The highest BCUT2D eigenvalue weighted by Crippen LogP contribution is 2.28. The van der Waals surface area contributed by atoms with Crippen molar-refractivity contribution in [2.75, 3.05) is 18.0 Å². The van der Waals surface area contributed by atoms with Gasteiger partial charge in [-0.25, -0.2) is 4.39 Å². The second-order valence-electron chi connectivity index (χ2n) is 7.37. The third kappa shape index (κ3) is 4.70. The van der Waals surface area contributed by atoms with E-state index in [9.17, 15) is 4.39 Å². The molecule has 1 unspecified atom stereocenters. The minimum Gasteiger partial charge on any atom is -0.369 e. The molecule has 1 fully saturated rings. The molecule has 1 N–H and O–H groups in total. The standard InChI is InChI=1S/C18H29FN2/c1-14-7-6-11-21(12-10-14)17-15(8-5-9-16(17)19)13-20-18(2,3)4/h5,8-9,14,20H,6-7,10-13H2,1-4H3. The molecule has 1 atom stereocenters. The Labute approximate surface area is 128 Å². The van der Waals surface area contributed by atoms with Crippen LogP contribution in [0.3, 0.4) is 0 Å². The molecule has 0 saturated carbocycles. The van der Waals surface area contributed by atoms with Gasteiger partial charge in [0.1, 0.15) is 5.82 Å². The van der Waals surface area contributed by atoms with Crippen LogP contribution in [0, 0.1) is 11.7 Å². The summed E-state index contributed by atoms with van der Waals surface area (Å²) >= 11 is 0. The molecule has 0 aliphatic carbocycles. The van der Waals surface area contributed by atoms with Crippen molar-refractivity contribution >= 4 is 5.69 Å². The van der Waals surface area contributed by atoms with Crippen molar-refractivity contribution in [3.63, 3.8) is 0 Å². The molecule has 3 heteroatoms. The topological polar surface area (TPSA) is 15.3 Å². The molecule has 2 rings (SSSR count). The van der Waals surface area contributed by atoms with Gasteiger partial charge in [0.2, 0.25) is 0 Å². The smallest absolute Gasteiger partial charge is 0.146 e. The maximum absolute atomic E-state index is 14.4. The van der Waals surface area contributed by atoms with Crippen molar-refractivity contribution in [1.29, 1.82) is 0 Å². The lowest BCUT2D eigenvalue weighted by Crippen LogP contribution is -2.36. The van der Waals surface area contributed by atoms with E-state index in [0.717, 1.165) is 43.1 Å². The Morgan fingerprint density at radius 2 is 2.00 bits per heavy atom. The highest BCUT2D eigenvalue weighted by Gasteiger charge is 2.20. The Bertz CT molecular complexity index is 465. The molecule has 1 aromatic carbocycles. The second kappa shape index (κ2) is 6.78. The first-order valence-corrected chi connectivity index (χ1v) is 8.14. The SMILES string of the molecule is CC1CCCN(c2c(F)cccc2CNC(C)(C)C)CC1. The van der Waals surface area contributed by atoms with E-state index < -0.39 is 0 Å². The van der Waals surface area contributed by atoms with E-state index in [1.807, 2.05) is 12.1 Å². The average molecular weight is 292 g/mol. The zero-order valence-electron chi connectivity index (χ0n) is 13.9. The van der Waals surface area contributed by atoms with Gasteiger partial charge in [-0.1, -0.05) is 19.1 Å². The Kier molecular flexibility index (Phi) is 5.26. The minimum atomic E-state index is -0.0854. The maximum Gasteiger partial charge on any atom is 0.146 e. The lowest BCUT2D eigenvalue weighted by atomic mass is 10.0. The fourth-order valence-corrected chi connectivity index (χ4v) is 2.90. The van der Waals surface area contributed by atoms with E-state index in [1.165, 1.54) is 6.42 Å². The summed E-state index contributed by atoms with van der Waals surface area (Å²) in [6, 6.07) is 5.45. The molecule has 0 amide bonds. The molecule has 1 aliphatic rings. The van der Waals surface area contributed by atoms with Crippen LogP contribution in [0.15, 0.2) is 18.2 Å². The van der Waals surface area contributed by atoms with E-state index in [-0.39, 0.29) is 11.4 Å². The number of halogens is 1. The van der Waals surface area contributed by atoms with Gasteiger partial charge in [-0.3, -0.25) is 0 Å². The van der Waals surface area contributed by atoms with Crippen LogP contribution in [0.5, 0.6) is 0 Å². The van der Waals surface area contributed by atoms with E-state index in [1.54, 1.807) is 6.07 Å². The number of nitrogens with zero attached hydrogens (tertiary/aromatic N) is 1. The van der Waals surface area contributed by atoms with Crippen LogP contribution in [0.1, 0.15) is 52.5 Å². The first-order chi connectivity index (χ1) is 9.87. The first-order valence-electron chi connectivity index (χ1n) is 8.14. The molecule has 1 saturated heterocycles. The number of hydrogen-bond donors (Lipinski definition) is 1. The van der Waals surface area contributed by atoms with Crippen LogP contribution in [-0.4, -0.2) is 18.6 Å². The molecule has 1 aromatic rings.